The van der Waals surface area contributed by atoms with E-state index in [9.17, 15) is 5.11 Å². The Morgan fingerprint density at radius 2 is 1.79 bits per heavy atom. The minimum atomic E-state index is -0.618. The monoisotopic (exact) mass is 270 g/mol. The normalized spacial score (nSPS) is 12.7. The van der Waals surface area contributed by atoms with Crippen LogP contribution in [-0.2, 0) is 0 Å². The first kappa shape index (κ1) is 15.9. The van der Waals surface area contributed by atoms with Crippen molar-refractivity contribution in [3.63, 3.8) is 0 Å². The topological polar surface area (TPSA) is 74.4 Å². The molecule has 19 heavy (non-hydrogen) atoms. The van der Waals surface area contributed by atoms with Crippen molar-refractivity contribution in [1.82, 2.24) is 0 Å². The Morgan fingerprint density at radius 1 is 1.16 bits per heavy atom. The standard InChI is InChI=1S/C14H23NO4/c1-12-4-2-3-5-14(12)19-11-13(18)10-15(6-8-16)7-9-17/h2-5,13,16-18H,6-11H2,1H3/p+1/t13-/m0/s1. The molecule has 5 nitrogen and oxygen atoms in total. The summed E-state index contributed by atoms with van der Waals surface area (Å²) < 4.78 is 5.57. The zero-order valence-electron chi connectivity index (χ0n) is 11.4. The highest BCUT2D eigenvalue weighted by Crippen LogP contribution is 2.15. The number of hydrogen-bond acceptors (Lipinski definition) is 4. The van der Waals surface area contributed by atoms with Crippen molar-refractivity contribution in [2.75, 3.05) is 39.5 Å². The Balaban J connectivity index is 2.38. The Bertz CT molecular complexity index is 353. The molecule has 0 bridgehead atoms. The molecule has 108 valence electrons. The van der Waals surface area contributed by atoms with Crippen molar-refractivity contribution in [3.05, 3.63) is 29.8 Å². The average Bonchev–Trinajstić information content (AvgIpc) is 2.38. The minimum Gasteiger partial charge on any atom is -0.490 e. The molecule has 0 aliphatic carbocycles. The van der Waals surface area contributed by atoms with E-state index in [0.717, 1.165) is 16.2 Å². The summed E-state index contributed by atoms with van der Waals surface area (Å²) in [6.07, 6.45) is -0.618. The summed E-state index contributed by atoms with van der Waals surface area (Å²) in [5.41, 5.74) is 1.03. The smallest absolute Gasteiger partial charge is 0.137 e. The molecule has 0 fully saturated rings. The molecule has 4 N–H and O–H groups in total. The third-order valence-electron chi connectivity index (χ3n) is 2.98. The summed E-state index contributed by atoms with van der Waals surface area (Å²) in [7, 11) is 0. The number of aryl methyl sites for hydroxylation is 1. The van der Waals surface area contributed by atoms with Crippen molar-refractivity contribution in [1.29, 1.82) is 0 Å². The van der Waals surface area contributed by atoms with Crippen LogP contribution in [0.2, 0.25) is 0 Å². The molecule has 0 spiro atoms. The summed E-state index contributed by atoms with van der Waals surface area (Å²) >= 11 is 0. The van der Waals surface area contributed by atoms with Gasteiger partial charge in [0.05, 0.1) is 13.2 Å². The highest BCUT2D eigenvalue weighted by atomic mass is 16.5. The summed E-state index contributed by atoms with van der Waals surface area (Å²) in [5, 5.41) is 27.7. The molecule has 0 heterocycles. The first-order valence-corrected chi connectivity index (χ1v) is 6.59. The average molecular weight is 270 g/mol. The number of hydrogen-bond donors (Lipinski definition) is 4. The van der Waals surface area contributed by atoms with Gasteiger partial charge in [0, 0.05) is 0 Å². The van der Waals surface area contributed by atoms with E-state index < -0.39 is 6.10 Å². The van der Waals surface area contributed by atoms with Gasteiger partial charge >= 0.3 is 0 Å². The molecule has 1 aromatic carbocycles. The third-order valence-corrected chi connectivity index (χ3v) is 2.98. The van der Waals surface area contributed by atoms with Crippen molar-refractivity contribution in [2.45, 2.75) is 13.0 Å². The summed E-state index contributed by atoms with van der Waals surface area (Å²) in [4.78, 5) is 0.964. The molecular formula is C14H24NO4+. The van der Waals surface area contributed by atoms with Crippen LogP contribution in [0.1, 0.15) is 5.56 Å². The van der Waals surface area contributed by atoms with Gasteiger partial charge < -0.3 is 25.0 Å². The van der Waals surface area contributed by atoms with E-state index >= 15 is 0 Å². The van der Waals surface area contributed by atoms with Crippen LogP contribution in [0.25, 0.3) is 0 Å². The zero-order chi connectivity index (χ0) is 14.1. The van der Waals surface area contributed by atoms with Gasteiger partial charge in [-0.2, -0.15) is 0 Å². The lowest BCUT2D eigenvalue weighted by Crippen LogP contribution is -3.14. The fraction of sp³-hybridized carbons (Fsp3) is 0.571. The lowest BCUT2D eigenvalue weighted by Gasteiger charge is -2.21. The predicted octanol–water partition coefficient (Wildman–Crippen LogP) is -1.40. The second kappa shape index (κ2) is 8.87. The van der Waals surface area contributed by atoms with Crippen LogP contribution >= 0.6 is 0 Å². The van der Waals surface area contributed by atoms with E-state index in [-0.39, 0.29) is 19.8 Å². The van der Waals surface area contributed by atoms with E-state index in [4.69, 9.17) is 14.9 Å². The quantitative estimate of drug-likeness (QED) is 0.445. The highest BCUT2D eigenvalue weighted by Gasteiger charge is 2.15. The first-order chi connectivity index (χ1) is 9.17. The van der Waals surface area contributed by atoms with Gasteiger partial charge in [-0.1, -0.05) is 18.2 Å². The van der Waals surface area contributed by atoms with Gasteiger partial charge in [0.25, 0.3) is 0 Å². The van der Waals surface area contributed by atoms with Crippen LogP contribution in [0.3, 0.4) is 0 Å². The lowest BCUT2D eigenvalue weighted by molar-refractivity contribution is -0.903. The Kier molecular flexibility index (Phi) is 7.43. The maximum absolute atomic E-state index is 9.92. The molecule has 5 heteroatoms. The Labute approximate surface area is 114 Å². The van der Waals surface area contributed by atoms with Crippen LogP contribution in [0, 0.1) is 6.92 Å². The number of aliphatic hydroxyl groups is 3. The molecule has 1 atom stereocenters. The van der Waals surface area contributed by atoms with Crippen LogP contribution in [-0.4, -0.2) is 60.9 Å². The number of rotatable bonds is 9. The van der Waals surface area contributed by atoms with Gasteiger partial charge in [-0.05, 0) is 18.6 Å². The number of benzene rings is 1. The lowest BCUT2D eigenvalue weighted by atomic mass is 10.2. The molecule has 0 unspecified atom stereocenters. The number of aliphatic hydroxyl groups excluding tert-OH is 3. The molecule has 0 aromatic heterocycles. The van der Waals surface area contributed by atoms with E-state index in [2.05, 4.69) is 0 Å². The first-order valence-electron chi connectivity index (χ1n) is 6.59. The van der Waals surface area contributed by atoms with E-state index in [1.807, 2.05) is 31.2 Å². The zero-order valence-corrected chi connectivity index (χ0v) is 11.4. The van der Waals surface area contributed by atoms with Crippen LogP contribution < -0.4 is 9.64 Å². The van der Waals surface area contributed by atoms with Gasteiger partial charge in [-0.25, -0.2) is 0 Å². The van der Waals surface area contributed by atoms with E-state index in [1.54, 1.807) is 0 Å². The van der Waals surface area contributed by atoms with Crippen LogP contribution in [0.4, 0.5) is 0 Å². The summed E-state index contributed by atoms with van der Waals surface area (Å²) in [6, 6.07) is 7.65. The SMILES string of the molecule is Cc1ccccc1OC[C@@H](O)C[NH+](CCO)CCO. The Hall–Kier alpha value is -1.14. The molecule has 0 saturated carbocycles. The van der Waals surface area contributed by atoms with Crippen molar-refractivity contribution < 1.29 is 25.0 Å². The maximum atomic E-state index is 9.92. The molecule has 0 saturated heterocycles. The Morgan fingerprint density at radius 3 is 2.37 bits per heavy atom. The minimum absolute atomic E-state index is 0.0424. The van der Waals surface area contributed by atoms with Gasteiger partial charge in [0.15, 0.2) is 0 Å². The fourth-order valence-electron chi connectivity index (χ4n) is 1.94. The molecule has 0 aliphatic rings. The second-order valence-electron chi connectivity index (χ2n) is 4.63. The largest absolute Gasteiger partial charge is 0.490 e. The fourth-order valence-corrected chi connectivity index (χ4v) is 1.94. The van der Waals surface area contributed by atoms with E-state index in [0.29, 0.717) is 19.6 Å². The number of nitrogens with one attached hydrogen (secondary N) is 1. The van der Waals surface area contributed by atoms with Gasteiger partial charge in [0.1, 0.15) is 38.1 Å². The molecule has 0 aliphatic heterocycles. The predicted molar refractivity (Wildman–Crippen MR) is 72.4 cm³/mol. The maximum Gasteiger partial charge on any atom is 0.137 e. The molecule has 1 rings (SSSR count). The molecule has 0 amide bonds. The van der Waals surface area contributed by atoms with Crippen molar-refractivity contribution in [3.8, 4) is 5.75 Å². The van der Waals surface area contributed by atoms with Crippen LogP contribution in [0.5, 0.6) is 5.75 Å². The number of para-hydroxylation sites is 1. The summed E-state index contributed by atoms with van der Waals surface area (Å²) in [5.74, 6) is 0.771. The highest BCUT2D eigenvalue weighted by molar-refractivity contribution is 5.31. The summed E-state index contributed by atoms with van der Waals surface area (Å²) in [6.45, 7) is 3.74. The molecular weight excluding hydrogens is 246 g/mol. The number of ether oxygens (including phenoxy) is 1. The second-order valence-corrected chi connectivity index (χ2v) is 4.63. The van der Waals surface area contributed by atoms with Gasteiger partial charge in [-0.3, -0.25) is 0 Å². The van der Waals surface area contributed by atoms with Gasteiger partial charge in [0.2, 0.25) is 0 Å². The van der Waals surface area contributed by atoms with Crippen molar-refractivity contribution in [2.24, 2.45) is 0 Å². The van der Waals surface area contributed by atoms with Gasteiger partial charge in [-0.15, -0.1) is 0 Å². The number of quaternary nitrogens is 1. The van der Waals surface area contributed by atoms with E-state index in [1.165, 1.54) is 0 Å². The van der Waals surface area contributed by atoms with Crippen LogP contribution in [0.15, 0.2) is 24.3 Å². The molecule has 0 radical (unpaired) electrons. The molecule has 1 aromatic rings. The third kappa shape index (κ3) is 6.02. The van der Waals surface area contributed by atoms with Crippen molar-refractivity contribution >= 4 is 0 Å².